The molecule has 0 unspecified atom stereocenters. The van der Waals surface area contributed by atoms with Crippen LogP contribution in [0.4, 0.5) is 5.69 Å². The molecule has 0 radical (unpaired) electrons. The minimum Gasteiger partial charge on any atom is -0.357 e. The van der Waals surface area contributed by atoms with Crippen molar-refractivity contribution in [2.45, 2.75) is 26.4 Å². The number of benzene rings is 1. The van der Waals surface area contributed by atoms with E-state index in [1.54, 1.807) is 29.3 Å². The molecule has 8 heteroatoms. The number of amides is 1. The molecule has 3 N–H and O–H groups in total. The Balaban J connectivity index is 1.53. The van der Waals surface area contributed by atoms with Crippen LogP contribution in [0.2, 0.25) is 0 Å². The van der Waals surface area contributed by atoms with E-state index >= 15 is 0 Å². The summed E-state index contributed by atoms with van der Waals surface area (Å²) in [7, 11) is 0. The molecule has 0 spiro atoms. The summed E-state index contributed by atoms with van der Waals surface area (Å²) < 4.78 is 1.59. The fourth-order valence-electron chi connectivity index (χ4n) is 2.86. The van der Waals surface area contributed by atoms with E-state index < -0.39 is 0 Å². The fourth-order valence-corrected chi connectivity index (χ4v) is 2.86. The third-order valence-corrected chi connectivity index (χ3v) is 4.24. The number of rotatable bonds is 9. The van der Waals surface area contributed by atoms with E-state index in [0.717, 1.165) is 42.4 Å². The summed E-state index contributed by atoms with van der Waals surface area (Å²) in [6.07, 6.45) is 6.03. The number of hydrogen-bond acceptors (Lipinski definition) is 4. The van der Waals surface area contributed by atoms with Crippen molar-refractivity contribution < 1.29 is 4.79 Å². The van der Waals surface area contributed by atoms with E-state index in [2.05, 4.69) is 31.0 Å². The second-order valence-corrected chi connectivity index (χ2v) is 6.65. The lowest BCUT2D eigenvalue weighted by molar-refractivity contribution is -0.116. The molecule has 0 atom stereocenters. The van der Waals surface area contributed by atoms with E-state index in [4.69, 9.17) is 0 Å². The topological polar surface area (TPSA) is 96.2 Å². The summed E-state index contributed by atoms with van der Waals surface area (Å²) in [5.41, 5.74) is 2.79. The lowest BCUT2D eigenvalue weighted by Crippen LogP contribution is -2.38. The van der Waals surface area contributed by atoms with Crippen LogP contribution in [0.3, 0.4) is 0 Å². The SMILES string of the molecule is CCNC(=NCc1cccc(NC(=O)Cn2cccn2)c1)NCCc1ccccn1. The van der Waals surface area contributed by atoms with Crippen LogP contribution in [0.5, 0.6) is 0 Å². The lowest BCUT2D eigenvalue weighted by atomic mass is 10.2. The van der Waals surface area contributed by atoms with Crippen LogP contribution in [-0.2, 0) is 24.3 Å². The van der Waals surface area contributed by atoms with Crippen molar-refractivity contribution in [3.05, 3.63) is 78.4 Å². The van der Waals surface area contributed by atoms with Crippen LogP contribution in [0.1, 0.15) is 18.2 Å². The van der Waals surface area contributed by atoms with Gasteiger partial charge in [0.1, 0.15) is 6.54 Å². The third-order valence-electron chi connectivity index (χ3n) is 4.24. The number of carbonyl (C=O) groups is 1. The normalized spacial score (nSPS) is 11.2. The van der Waals surface area contributed by atoms with Gasteiger partial charge in [0.2, 0.25) is 5.91 Å². The van der Waals surface area contributed by atoms with Crippen LogP contribution < -0.4 is 16.0 Å². The Morgan fingerprint density at radius 2 is 2.03 bits per heavy atom. The molecule has 3 rings (SSSR count). The first kappa shape index (κ1) is 21.0. The van der Waals surface area contributed by atoms with E-state index in [0.29, 0.717) is 6.54 Å². The summed E-state index contributed by atoms with van der Waals surface area (Å²) in [6.45, 7) is 4.24. The largest absolute Gasteiger partial charge is 0.357 e. The number of pyridine rings is 1. The zero-order chi connectivity index (χ0) is 21.0. The minimum absolute atomic E-state index is 0.121. The van der Waals surface area contributed by atoms with Gasteiger partial charge < -0.3 is 16.0 Å². The number of aromatic nitrogens is 3. The second kappa shape index (κ2) is 11.4. The van der Waals surface area contributed by atoms with Crippen molar-refractivity contribution in [3.8, 4) is 0 Å². The molecule has 0 fully saturated rings. The number of nitrogens with zero attached hydrogens (tertiary/aromatic N) is 4. The Kier molecular flexibility index (Phi) is 7.96. The predicted molar refractivity (Wildman–Crippen MR) is 118 cm³/mol. The minimum atomic E-state index is -0.121. The number of hydrogen-bond donors (Lipinski definition) is 3. The number of carbonyl (C=O) groups excluding carboxylic acids is 1. The molecule has 0 saturated carbocycles. The molecule has 0 aliphatic rings. The second-order valence-electron chi connectivity index (χ2n) is 6.65. The average Bonchev–Trinajstić information content (AvgIpc) is 3.26. The van der Waals surface area contributed by atoms with E-state index in [-0.39, 0.29) is 12.5 Å². The Labute approximate surface area is 176 Å². The van der Waals surface area contributed by atoms with Gasteiger partial charge in [-0.2, -0.15) is 5.10 Å². The van der Waals surface area contributed by atoms with Crippen molar-refractivity contribution >= 4 is 17.6 Å². The molecule has 2 aromatic heterocycles. The Hall–Kier alpha value is -3.68. The van der Waals surface area contributed by atoms with Crippen molar-refractivity contribution in [3.63, 3.8) is 0 Å². The third kappa shape index (κ3) is 7.05. The molecule has 30 heavy (non-hydrogen) atoms. The molecule has 0 aliphatic carbocycles. The van der Waals surface area contributed by atoms with Gasteiger partial charge in [-0.05, 0) is 42.8 Å². The van der Waals surface area contributed by atoms with Gasteiger partial charge >= 0.3 is 0 Å². The van der Waals surface area contributed by atoms with Crippen LogP contribution in [-0.4, -0.2) is 39.7 Å². The van der Waals surface area contributed by atoms with Gasteiger partial charge in [-0.1, -0.05) is 18.2 Å². The van der Waals surface area contributed by atoms with Gasteiger partial charge in [-0.3, -0.25) is 14.5 Å². The highest BCUT2D eigenvalue weighted by Gasteiger charge is 2.05. The highest BCUT2D eigenvalue weighted by atomic mass is 16.2. The van der Waals surface area contributed by atoms with E-state index in [9.17, 15) is 4.79 Å². The van der Waals surface area contributed by atoms with Crippen LogP contribution >= 0.6 is 0 Å². The first-order valence-electron chi connectivity index (χ1n) is 10.0. The summed E-state index contributed by atoms with van der Waals surface area (Å²) in [5.74, 6) is 0.630. The van der Waals surface area contributed by atoms with Gasteiger partial charge in [0.25, 0.3) is 0 Å². The molecular weight excluding hydrogens is 378 g/mol. The Bertz CT molecular complexity index is 939. The molecule has 0 saturated heterocycles. The van der Waals surface area contributed by atoms with Crippen molar-refractivity contribution in [2.24, 2.45) is 4.99 Å². The molecule has 8 nitrogen and oxygen atoms in total. The zero-order valence-corrected chi connectivity index (χ0v) is 17.1. The number of anilines is 1. The van der Waals surface area contributed by atoms with E-state index in [1.807, 2.05) is 49.4 Å². The molecule has 3 aromatic rings. The van der Waals surface area contributed by atoms with Gasteiger partial charge in [0, 0.05) is 49.5 Å². The maximum Gasteiger partial charge on any atom is 0.246 e. The smallest absolute Gasteiger partial charge is 0.246 e. The van der Waals surface area contributed by atoms with Crippen LogP contribution in [0.15, 0.2) is 72.1 Å². The van der Waals surface area contributed by atoms with Crippen LogP contribution in [0.25, 0.3) is 0 Å². The maximum absolute atomic E-state index is 12.2. The lowest BCUT2D eigenvalue weighted by Gasteiger charge is -2.11. The first-order valence-corrected chi connectivity index (χ1v) is 10.0. The number of aliphatic imine (C=N–C) groups is 1. The standard InChI is InChI=1S/C22H27N7O/c1-2-23-22(25-13-10-19-8-3-4-11-24-19)26-16-18-7-5-9-20(15-18)28-21(30)17-29-14-6-12-27-29/h3-9,11-12,14-15H,2,10,13,16-17H2,1H3,(H,28,30)(H2,23,25,26). The van der Waals surface area contributed by atoms with Gasteiger partial charge in [-0.15, -0.1) is 0 Å². The average molecular weight is 406 g/mol. The van der Waals surface area contributed by atoms with Gasteiger partial charge in [0.15, 0.2) is 5.96 Å². The van der Waals surface area contributed by atoms with Crippen LogP contribution in [0, 0.1) is 0 Å². The molecular formula is C22H27N7O. The highest BCUT2D eigenvalue weighted by Crippen LogP contribution is 2.12. The summed E-state index contributed by atoms with van der Waals surface area (Å²) >= 11 is 0. The highest BCUT2D eigenvalue weighted by molar-refractivity contribution is 5.90. The number of guanidine groups is 1. The van der Waals surface area contributed by atoms with Crippen molar-refractivity contribution in [1.82, 2.24) is 25.4 Å². The Morgan fingerprint density at radius 1 is 1.10 bits per heavy atom. The zero-order valence-electron chi connectivity index (χ0n) is 17.1. The van der Waals surface area contributed by atoms with Crippen molar-refractivity contribution in [2.75, 3.05) is 18.4 Å². The fraction of sp³-hybridized carbons (Fsp3) is 0.273. The molecule has 1 amide bonds. The summed E-state index contributed by atoms with van der Waals surface area (Å²) in [6, 6.07) is 15.4. The van der Waals surface area contributed by atoms with E-state index in [1.165, 1.54) is 0 Å². The summed E-state index contributed by atoms with van der Waals surface area (Å²) in [5, 5.41) is 13.5. The molecule has 0 aliphatic heterocycles. The number of nitrogens with one attached hydrogen (secondary N) is 3. The molecule has 2 heterocycles. The van der Waals surface area contributed by atoms with Gasteiger partial charge in [0.05, 0.1) is 6.54 Å². The van der Waals surface area contributed by atoms with Gasteiger partial charge in [-0.25, -0.2) is 4.99 Å². The predicted octanol–water partition coefficient (Wildman–Crippen LogP) is 2.21. The quantitative estimate of drug-likeness (QED) is 0.375. The molecule has 0 bridgehead atoms. The monoisotopic (exact) mass is 405 g/mol. The molecule has 1 aromatic carbocycles. The summed E-state index contributed by atoms with van der Waals surface area (Å²) in [4.78, 5) is 21.1. The van der Waals surface area contributed by atoms with Crippen molar-refractivity contribution in [1.29, 1.82) is 0 Å². The molecule has 156 valence electrons. The maximum atomic E-state index is 12.2. The first-order chi connectivity index (χ1) is 14.7. The Morgan fingerprint density at radius 3 is 2.80 bits per heavy atom.